The number of nitrogens with two attached hydrogens (primary N) is 1. The maximum atomic E-state index is 13.8. The molecule has 3 N–H and O–H groups in total. The van der Waals surface area contributed by atoms with Crippen LogP contribution in [0, 0.1) is 17.5 Å². The first-order valence-corrected chi connectivity index (χ1v) is 11.4. The Balaban J connectivity index is 1.77. The third-order valence-corrected chi connectivity index (χ3v) is 7.01. The number of carbonyl (C=O) groups excluding carboxylic acids is 1. The van der Waals surface area contributed by atoms with E-state index in [2.05, 4.69) is 5.32 Å². The summed E-state index contributed by atoms with van der Waals surface area (Å²) in [6.07, 6.45) is -0.0320. The monoisotopic (exact) mass is 440 g/mol. The number of halogens is 3. The lowest BCUT2D eigenvalue weighted by Crippen LogP contribution is -2.51. The molecule has 2 aromatic rings. The number of hydrogen-bond acceptors (Lipinski definition) is 4. The number of sulfone groups is 1. The Bertz CT molecular complexity index is 1010. The van der Waals surface area contributed by atoms with Crippen molar-refractivity contribution in [2.45, 2.75) is 37.3 Å². The van der Waals surface area contributed by atoms with Crippen LogP contribution in [-0.2, 0) is 26.6 Å². The van der Waals surface area contributed by atoms with Crippen molar-refractivity contribution < 1.29 is 26.4 Å². The van der Waals surface area contributed by atoms with Crippen molar-refractivity contribution >= 4 is 15.7 Å². The number of carbonyl (C=O) groups is 1. The normalized spacial score (nSPS) is 18.5. The smallest absolute Gasteiger partial charge is 0.222 e. The van der Waals surface area contributed by atoms with Crippen LogP contribution in [0.25, 0.3) is 0 Å². The molecule has 1 unspecified atom stereocenters. The fourth-order valence-corrected chi connectivity index (χ4v) is 5.30. The summed E-state index contributed by atoms with van der Waals surface area (Å²) < 4.78 is 65.2. The summed E-state index contributed by atoms with van der Waals surface area (Å²) in [7, 11) is -3.29. The molecule has 1 atom stereocenters. The standard InChI is InChI=1S/C21H23F3N2O3S/c22-16-10-15(11-17(23)12-16)21(5-7-30(28,29)8-6-21)26-20(27)13-18(25)9-14-3-1-2-4-19(14)24/h1-4,10-12,18H,5-9,13,25H2,(H,26,27). The molecule has 1 saturated heterocycles. The average Bonchev–Trinajstić information content (AvgIpc) is 2.64. The van der Waals surface area contributed by atoms with Crippen LogP contribution in [0.2, 0.25) is 0 Å². The van der Waals surface area contributed by atoms with E-state index in [1.165, 1.54) is 6.07 Å². The Morgan fingerprint density at radius 2 is 1.67 bits per heavy atom. The van der Waals surface area contributed by atoms with E-state index >= 15 is 0 Å². The highest BCUT2D eigenvalue weighted by Gasteiger charge is 2.40. The lowest BCUT2D eigenvalue weighted by atomic mass is 9.83. The maximum absolute atomic E-state index is 13.8. The molecule has 0 aliphatic carbocycles. The molecule has 0 radical (unpaired) electrons. The van der Waals surface area contributed by atoms with Crippen molar-refractivity contribution in [3.63, 3.8) is 0 Å². The van der Waals surface area contributed by atoms with Crippen molar-refractivity contribution in [1.29, 1.82) is 0 Å². The predicted molar refractivity (Wildman–Crippen MR) is 107 cm³/mol. The van der Waals surface area contributed by atoms with Crippen LogP contribution in [0.3, 0.4) is 0 Å². The third kappa shape index (κ3) is 5.40. The number of hydrogen-bond donors (Lipinski definition) is 2. The van der Waals surface area contributed by atoms with Crippen LogP contribution in [0.1, 0.15) is 30.4 Å². The molecule has 30 heavy (non-hydrogen) atoms. The Labute approximate surface area is 173 Å². The molecule has 0 saturated carbocycles. The van der Waals surface area contributed by atoms with Crippen molar-refractivity contribution in [2.75, 3.05) is 11.5 Å². The zero-order valence-electron chi connectivity index (χ0n) is 16.2. The Morgan fingerprint density at radius 3 is 2.27 bits per heavy atom. The lowest BCUT2D eigenvalue weighted by molar-refractivity contribution is -0.123. The molecular weight excluding hydrogens is 417 g/mol. The molecule has 1 heterocycles. The minimum absolute atomic E-state index is 0.00742. The van der Waals surface area contributed by atoms with E-state index in [4.69, 9.17) is 5.73 Å². The summed E-state index contributed by atoms with van der Waals surface area (Å²) in [5.41, 5.74) is 5.34. The SMILES string of the molecule is NC(CC(=O)NC1(c2cc(F)cc(F)c2)CCS(=O)(=O)CC1)Cc1ccccc1F. The molecule has 162 valence electrons. The van der Waals surface area contributed by atoms with E-state index in [1.807, 2.05) is 0 Å². The second kappa shape index (κ2) is 8.77. The molecule has 1 amide bonds. The Morgan fingerprint density at radius 1 is 1.07 bits per heavy atom. The van der Waals surface area contributed by atoms with Gasteiger partial charge in [0.05, 0.1) is 17.0 Å². The topological polar surface area (TPSA) is 89.3 Å². The van der Waals surface area contributed by atoms with Gasteiger partial charge in [-0.25, -0.2) is 21.6 Å². The maximum Gasteiger partial charge on any atom is 0.222 e. The summed E-state index contributed by atoms with van der Waals surface area (Å²) in [5, 5.41) is 2.76. The van der Waals surface area contributed by atoms with Gasteiger partial charge in [-0.3, -0.25) is 4.79 Å². The van der Waals surface area contributed by atoms with Gasteiger partial charge in [0.25, 0.3) is 0 Å². The average molecular weight is 440 g/mol. The number of nitrogens with one attached hydrogen (secondary N) is 1. The Kier molecular flexibility index (Phi) is 6.52. The number of benzene rings is 2. The first-order chi connectivity index (χ1) is 14.1. The number of amides is 1. The van der Waals surface area contributed by atoms with Crippen LogP contribution >= 0.6 is 0 Å². The van der Waals surface area contributed by atoms with Crippen molar-refractivity contribution in [2.24, 2.45) is 5.73 Å². The summed E-state index contributed by atoms with van der Waals surface area (Å²) >= 11 is 0. The largest absolute Gasteiger partial charge is 0.346 e. The lowest BCUT2D eigenvalue weighted by Gasteiger charge is -2.38. The zero-order chi connectivity index (χ0) is 21.9. The molecule has 2 aromatic carbocycles. The number of rotatable bonds is 6. The molecule has 1 fully saturated rings. The van der Waals surface area contributed by atoms with Crippen molar-refractivity contribution in [3.8, 4) is 0 Å². The molecule has 0 bridgehead atoms. The van der Waals surface area contributed by atoms with Crippen LogP contribution in [0.4, 0.5) is 13.2 Å². The van der Waals surface area contributed by atoms with Gasteiger partial charge in [0.1, 0.15) is 17.5 Å². The molecule has 3 rings (SSSR count). The molecule has 5 nitrogen and oxygen atoms in total. The van der Waals surface area contributed by atoms with E-state index in [0.29, 0.717) is 11.6 Å². The molecule has 1 aliphatic heterocycles. The van der Waals surface area contributed by atoms with Crippen LogP contribution in [-0.4, -0.2) is 31.9 Å². The van der Waals surface area contributed by atoms with Crippen LogP contribution in [0.15, 0.2) is 42.5 Å². The van der Waals surface area contributed by atoms with Gasteiger partial charge in [0, 0.05) is 18.5 Å². The first-order valence-electron chi connectivity index (χ1n) is 9.56. The third-order valence-electron chi connectivity index (χ3n) is 5.36. The fourth-order valence-electron chi connectivity index (χ4n) is 3.78. The molecule has 0 aromatic heterocycles. The van der Waals surface area contributed by atoms with Gasteiger partial charge in [-0.05, 0) is 48.6 Å². The quantitative estimate of drug-likeness (QED) is 0.723. The van der Waals surface area contributed by atoms with Gasteiger partial charge in [0.2, 0.25) is 5.91 Å². The minimum atomic E-state index is -3.29. The summed E-state index contributed by atoms with van der Waals surface area (Å²) in [6, 6.07) is 8.32. The van der Waals surface area contributed by atoms with Crippen molar-refractivity contribution in [3.05, 3.63) is 71.0 Å². The summed E-state index contributed by atoms with van der Waals surface area (Å²) in [4.78, 5) is 12.7. The van der Waals surface area contributed by atoms with E-state index in [0.717, 1.165) is 12.1 Å². The Hall–Kier alpha value is -2.39. The van der Waals surface area contributed by atoms with Gasteiger partial charge < -0.3 is 11.1 Å². The van der Waals surface area contributed by atoms with Gasteiger partial charge in [0.15, 0.2) is 9.84 Å². The summed E-state index contributed by atoms with van der Waals surface area (Å²) in [6.45, 7) is 0. The molecule has 9 heteroatoms. The van der Waals surface area contributed by atoms with E-state index in [9.17, 15) is 26.4 Å². The predicted octanol–water partition coefficient (Wildman–Crippen LogP) is 2.58. The first kappa shape index (κ1) is 22.3. The van der Waals surface area contributed by atoms with Gasteiger partial charge >= 0.3 is 0 Å². The molecule has 0 spiro atoms. The molecular formula is C21H23F3N2O3S. The van der Waals surface area contributed by atoms with Gasteiger partial charge in [-0.15, -0.1) is 0 Å². The second-order valence-corrected chi connectivity index (χ2v) is 10.0. The van der Waals surface area contributed by atoms with E-state index < -0.39 is 44.8 Å². The van der Waals surface area contributed by atoms with Crippen LogP contribution in [0.5, 0.6) is 0 Å². The highest BCUT2D eigenvalue weighted by Crippen LogP contribution is 2.35. The van der Waals surface area contributed by atoms with E-state index in [-0.39, 0.29) is 42.8 Å². The van der Waals surface area contributed by atoms with E-state index in [1.54, 1.807) is 18.2 Å². The van der Waals surface area contributed by atoms with Gasteiger partial charge in [-0.1, -0.05) is 18.2 Å². The van der Waals surface area contributed by atoms with Gasteiger partial charge in [-0.2, -0.15) is 0 Å². The second-order valence-electron chi connectivity index (χ2n) is 7.70. The minimum Gasteiger partial charge on any atom is -0.346 e. The molecule has 1 aliphatic rings. The highest BCUT2D eigenvalue weighted by molar-refractivity contribution is 7.91. The summed E-state index contributed by atoms with van der Waals surface area (Å²) in [5.74, 6) is -2.98. The van der Waals surface area contributed by atoms with Crippen LogP contribution < -0.4 is 11.1 Å². The zero-order valence-corrected chi connectivity index (χ0v) is 17.0. The highest BCUT2D eigenvalue weighted by atomic mass is 32.2. The fraction of sp³-hybridized carbons (Fsp3) is 0.381. The van der Waals surface area contributed by atoms with Crippen molar-refractivity contribution in [1.82, 2.24) is 5.32 Å².